The van der Waals surface area contributed by atoms with Crippen molar-refractivity contribution in [2.24, 2.45) is 0 Å². The number of carbonyl (C=O) groups is 1. The van der Waals surface area contributed by atoms with Gasteiger partial charge in [-0.1, -0.05) is 6.92 Å². The summed E-state index contributed by atoms with van der Waals surface area (Å²) in [5.74, 6) is 0.443. The molecule has 0 saturated heterocycles. The highest BCUT2D eigenvalue weighted by atomic mass is 32.1. The number of hydrogen-bond donors (Lipinski definition) is 0. The van der Waals surface area contributed by atoms with Gasteiger partial charge in [-0.25, -0.2) is 0 Å². The Labute approximate surface area is 71.1 Å². The van der Waals surface area contributed by atoms with Gasteiger partial charge in [-0.2, -0.15) is 11.3 Å². The highest BCUT2D eigenvalue weighted by molar-refractivity contribution is 7.07. The second-order valence-electron chi connectivity index (χ2n) is 2.56. The van der Waals surface area contributed by atoms with Gasteiger partial charge in [0.25, 0.3) is 0 Å². The summed E-state index contributed by atoms with van der Waals surface area (Å²) in [5.41, 5.74) is 1.31. The molecule has 1 heterocycles. The van der Waals surface area contributed by atoms with E-state index >= 15 is 0 Å². The number of rotatable bonds is 4. The van der Waals surface area contributed by atoms with Crippen LogP contribution in [-0.2, 0) is 4.79 Å². The summed E-state index contributed by atoms with van der Waals surface area (Å²) in [4.78, 5) is 10.3. The van der Waals surface area contributed by atoms with Crippen LogP contribution in [0.15, 0.2) is 16.8 Å². The van der Waals surface area contributed by atoms with E-state index in [9.17, 15) is 4.79 Å². The van der Waals surface area contributed by atoms with Gasteiger partial charge in [0.2, 0.25) is 0 Å². The van der Waals surface area contributed by atoms with Gasteiger partial charge in [-0.15, -0.1) is 0 Å². The average Bonchev–Trinajstić information content (AvgIpc) is 2.52. The van der Waals surface area contributed by atoms with E-state index < -0.39 is 0 Å². The van der Waals surface area contributed by atoms with Crippen LogP contribution in [0.5, 0.6) is 0 Å². The third-order valence-corrected chi connectivity index (χ3v) is 2.59. The second-order valence-corrected chi connectivity index (χ2v) is 3.34. The zero-order valence-corrected chi connectivity index (χ0v) is 7.43. The van der Waals surface area contributed by atoms with Crippen molar-refractivity contribution in [2.75, 3.05) is 0 Å². The maximum atomic E-state index is 10.3. The Morgan fingerprint density at radius 1 is 1.73 bits per heavy atom. The molecule has 0 aliphatic rings. The van der Waals surface area contributed by atoms with Crippen molar-refractivity contribution < 1.29 is 4.79 Å². The summed E-state index contributed by atoms with van der Waals surface area (Å²) in [6.45, 7) is 2.12. The molecule has 0 fully saturated rings. The molecule has 1 atom stereocenters. The van der Waals surface area contributed by atoms with Gasteiger partial charge in [0, 0.05) is 6.42 Å². The first-order valence-corrected chi connectivity index (χ1v) is 4.78. The van der Waals surface area contributed by atoms with E-state index in [1.54, 1.807) is 11.3 Å². The van der Waals surface area contributed by atoms with Gasteiger partial charge in [-0.3, -0.25) is 0 Å². The number of thiophene rings is 1. The molecule has 11 heavy (non-hydrogen) atoms. The minimum Gasteiger partial charge on any atom is -0.303 e. The fourth-order valence-electron chi connectivity index (χ4n) is 1.16. The molecule has 1 rings (SSSR count). The van der Waals surface area contributed by atoms with Gasteiger partial charge in [-0.05, 0) is 34.7 Å². The SMILES string of the molecule is CC[C@H](CC=O)c1ccsc1. The van der Waals surface area contributed by atoms with Crippen molar-refractivity contribution in [2.45, 2.75) is 25.7 Å². The fourth-order valence-corrected chi connectivity index (χ4v) is 1.90. The largest absolute Gasteiger partial charge is 0.303 e. The summed E-state index contributed by atoms with van der Waals surface area (Å²) < 4.78 is 0. The summed E-state index contributed by atoms with van der Waals surface area (Å²) in [6.07, 6.45) is 2.72. The Balaban J connectivity index is 2.62. The average molecular weight is 168 g/mol. The Morgan fingerprint density at radius 3 is 3.00 bits per heavy atom. The molecule has 0 N–H and O–H groups in total. The van der Waals surface area contributed by atoms with Gasteiger partial charge < -0.3 is 4.79 Å². The molecule has 0 aliphatic heterocycles. The molecule has 0 aromatic carbocycles. The predicted octanol–water partition coefficient (Wildman–Crippen LogP) is 2.83. The minimum atomic E-state index is 0.443. The first-order valence-electron chi connectivity index (χ1n) is 3.84. The first kappa shape index (κ1) is 8.47. The van der Waals surface area contributed by atoms with Gasteiger partial charge in [0.15, 0.2) is 0 Å². The van der Waals surface area contributed by atoms with Crippen LogP contribution >= 0.6 is 11.3 Å². The van der Waals surface area contributed by atoms with Crippen molar-refractivity contribution in [1.82, 2.24) is 0 Å². The number of aldehydes is 1. The Hall–Kier alpha value is -0.630. The summed E-state index contributed by atoms with van der Waals surface area (Å²) >= 11 is 1.69. The van der Waals surface area contributed by atoms with Crippen LogP contribution < -0.4 is 0 Å². The van der Waals surface area contributed by atoms with Crippen LogP contribution in [0.3, 0.4) is 0 Å². The zero-order valence-electron chi connectivity index (χ0n) is 6.62. The van der Waals surface area contributed by atoms with Crippen LogP contribution in [0.2, 0.25) is 0 Å². The topological polar surface area (TPSA) is 17.1 Å². The predicted molar refractivity (Wildman–Crippen MR) is 48.0 cm³/mol. The standard InChI is InChI=1S/C9H12OS/c1-2-8(3-5-10)9-4-6-11-7-9/h4-8H,2-3H2,1H3/t8-/m1/s1. The smallest absolute Gasteiger partial charge is 0.120 e. The van der Waals surface area contributed by atoms with Crippen molar-refractivity contribution in [3.8, 4) is 0 Å². The molecule has 60 valence electrons. The van der Waals surface area contributed by atoms with Crippen molar-refractivity contribution >= 4 is 17.6 Å². The normalized spacial score (nSPS) is 12.8. The molecule has 0 unspecified atom stereocenters. The van der Waals surface area contributed by atoms with Crippen molar-refractivity contribution in [1.29, 1.82) is 0 Å². The van der Waals surface area contributed by atoms with Crippen LogP contribution in [0, 0.1) is 0 Å². The fraction of sp³-hybridized carbons (Fsp3) is 0.444. The molecule has 1 nitrogen and oxygen atoms in total. The van der Waals surface area contributed by atoms with Crippen LogP contribution in [0.25, 0.3) is 0 Å². The minimum absolute atomic E-state index is 0.443. The van der Waals surface area contributed by atoms with E-state index in [2.05, 4.69) is 23.8 Å². The molecule has 0 spiro atoms. The molecular formula is C9H12OS. The molecule has 0 amide bonds. The zero-order chi connectivity index (χ0) is 8.10. The van der Waals surface area contributed by atoms with Crippen LogP contribution in [-0.4, -0.2) is 6.29 Å². The molecule has 0 saturated carbocycles. The summed E-state index contributed by atoms with van der Waals surface area (Å²) in [7, 11) is 0. The van der Waals surface area contributed by atoms with Gasteiger partial charge in [0.05, 0.1) is 0 Å². The van der Waals surface area contributed by atoms with E-state index in [1.807, 2.05) is 0 Å². The summed E-state index contributed by atoms with van der Waals surface area (Å²) in [6, 6.07) is 2.10. The second kappa shape index (κ2) is 4.29. The van der Waals surface area contributed by atoms with Crippen LogP contribution in [0.4, 0.5) is 0 Å². The maximum absolute atomic E-state index is 10.3. The van der Waals surface area contributed by atoms with E-state index in [0.29, 0.717) is 12.3 Å². The van der Waals surface area contributed by atoms with Crippen molar-refractivity contribution in [3.05, 3.63) is 22.4 Å². The number of carbonyl (C=O) groups excluding carboxylic acids is 1. The van der Waals surface area contributed by atoms with E-state index in [1.165, 1.54) is 5.56 Å². The lowest BCUT2D eigenvalue weighted by molar-refractivity contribution is -0.108. The molecule has 2 heteroatoms. The third kappa shape index (κ3) is 2.15. The Bertz CT molecular complexity index is 203. The molecular weight excluding hydrogens is 156 g/mol. The molecule has 0 aliphatic carbocycles. The van der Waals surface area contributed by atoms with Crippen molar-refractivity contribution in [3.63, 3.8) is 0 Å². The molecule has 0 radical (unpaired) electrons. The lowest BCUT2D eigenvalue weighted by Crippen LogP contribution is -1.95. The highest BCUT2D eigenvalue weighted by Gasteiger charge is 2.07. The highest BCUT2D eigenvalue weighted by Crippen LogP contribution is 2.23. The lowest BCUT2D eigenvalue weighted by Gasteiger charge is -2.07. The monoisotopic (exact) mass is 168 g/mol. The van der Waals surface area contributed by atoms with Crippen LogP contribution in [0.1, 0.15) is 31.2 Å². The lowest BCUT2D eigenvalue weighted by atomic mass is 9.97. The van der Waals surface area contributed by atoms with E-state index in [-0.39, 0.29) is 0 Å². The van der Waals surface area contributed by atoms with E-state index in [4.69, 9.17) is 0 Å². The molecule has 1 aromatic rings. The quantitative estimate of drug-likeness (QED) is 0.632. The van der Waals surface area contributed by atoms with Gasteiger partial charge in [0.1, 0.15) is 6.29 Å². The molecule has 1 aromatic heterocycles. The molecule has 0 bridgehead atoms. The Morgan fingerprint density at radius 2 is 2.55 bits per heavy atom. The maximum Gasteiger partial charge on any atom is 0.120 e. The third-order valence-electron chi connectivity index (χ3n) is 1.89. The summed E-state index contributed by atoms with van der Waals surface area (Å²) in [5, 5.41) is 4.18. The number of hydrogen-bond acceptors (Lipinski definition) is 2. The first-order chi connectivity index (χ1) is 5.38. The Kier molecular flexibility index (Phi) is 3.30. The van der Waals surface area contributed by atoms with Gasteiger partial charge >= 0.3 is 0 Å². The van der Waals surface area contributed by atoms with E-state index in [0.717, 1.165) is 12.7 Å².